The van der Waals surface area contributed by atoms with E-state index in [0.717, 1.165) is 25.3 Å². The van der Waals surface area contributed by atoms with Gasteiger partial charge in [-0.1, -0.05) is 12.7 Å². The van der Waals surface area contributed by atoms with Gasteiger partial charge in [0.05, 0.1) is 0 Å². The Kier molecular flexibility index (Phi) is 3.12. The highest BCUT2D eigenvalue weighted by atomic mass is 16.2. The molecular weight excluding hydrogens is 164 g/mol. The fraction of sp³-hybridized carbons (Fsp3) is 0.500. The summed E-state index contributed by atoms with van der Waals surface area (Å²) in [7, 11) is 0. The molecule has 1 fully saturated rings. The molecule has 1 saturated heterocycles. The average Bonchev–Trinajstić information content (AvgIpc) is 2.08. The number of rotatable bonds is 1. The van der Waals surface area contributed by atoms with Gasteiger partial charge >= 0.3 is 0 Å². The smallest absolute Gasteiger partial charge is 0.224 e. The molecule has 0 aromatic heterocycles. The quantitative estimate of drug-likeness (QED) is 0.611. The second kappa shape index (κ2) is 4.12. The zero-order valence-electron chi connectivity index (χ0n) is 8.29. The number of allylic oxidation sites excluding steroid dienone is 1. The zero-order valence-corrected chi connectivity index (χ0v) is 8.29. The van der Waals surface area contributed by atoms with Crippen LogP contribution in [-0.2, 0) is 4.79 Å². The van der Waals surface area contributed by atoms with Gasteiger partial charge < -0.3 is 4.90 Å². The van der Waals surface area contributed by atoms with E-state index in [1.807, 2.05) is 24.1 Å². The Labute approximate surface area is 79.3 Å². The molecule has 3 heteroatoms. The zero-order chi connectivity index (χ0) is 9.84. The van der Waals surface area contributed by atoms with Crippen LogP contribution in [0, 0.1) is 0 Å². The summed E-state index contributed by atoms with van der Waals surface area (Å²) in [4.78, 5) is 14.9. The van der Waals surface area contributed by atoms with Gasteiger partial charge in [0, 0.05) is 26.2 Å². The van der Waals surface area contributed by atoms with E-state index in [9.17, 15) is 4.79 Å². The maximum atomic E-state index is 11.2. The Bertz CT molecular complexity index is 245. The topological polar surface area (TPSA) is 23.6 Å². The van der Waals surface area contributed by atoms with Crippen molar-refractivity contribution in [2.24, 2.45) is 0 Å². The first-order valence-electron chi connectivity index (χ1n) is 4.53. The molecule has 0 unspecified atom stereocenters. The molecule has 13 heavy (non-hydrogen) atoms. The minimum atomic E-state index is 0.0687. The van der Waals surface area contributed by atoms with E-state index in [0.29, 0.717) is 0 Å². The summed E-state index contributed by atoms with van der Waals surface area (Å²) >= 11 is 0. The van der Waals surface area contributed by atoms with E-state index in [1.165, 1.54) is 0 Å². The second-order valence-corrected chi connectivity index (χ2v) is 3.12. The van der Waals surface area contributed by atoms with Crippen LogP contribution in [0.2, 0.25) is 0 Å². The van der Waals surface area contributed by atoms with Gasteiger partial charge in [-0.3, -0.25) is 9.69 Å². The molecule has 0 atom stereocenters. The van der Waals surface area contributed by atoms with Crippen LogP contribution in [0.5, 0.6) is 0 Å². The largest absolute Gasteiger partial charge is 0.335 e. The molecule has 0 spiro atoms. The number of amides is 1. The molecule has 1 amide bonds. The molecule has 3 nitrogen and oxygen atoms in total. The molecule has 72 valence electrons. The van der Waals surface area contributed by atoms with Crippen LogP contribution in [0.25, 0.3) is 0 Å². The number of hydrogen-bond acceptors (Lipinski definition) is 2. The van der Waals surface area contributed by atoms with Gasteiger partial charge in [0.2, 0.25) is 5.91 Å². The van der Waals surface area contributed by atoms with Crippen molar-refractivity contribution < 1.29 is 4.79 Å². The van der Waals surface area contributed by atoms with Crippen molar-refractivity contribution >= 4 is 5.91 Å². The van der Waals surface area contributed by atoms with E-state index in [2.05, 4.69) is 6.58 Å². The Morgan fingerprint density at radius 2 is 2.23 bits per heavy atom. The Hall–Kier alpha value is -1.25. The molecule has 0 saturated carbocycles. The minimum Gasteiger partial charge on any atom is -0.335 e. The van der Waals surface area contributed by atoms with Crippen LogP contribution in [0.15, 0.2) is 24.7 Å². The fourth-order valence-corrected chi connectivity index (χ4v) is 1.49. The predicted octanol–water partition coefficient (Wildman–Crippen LogP) is 1.55. The van der Waals surface area contributed by atoms with Gasteiger partial charge in [-0.2, -0.15) is 0 Å². The molecule has 1 aliphatic rings. The molecule has 0 aromatic carbocycles. The highest BCUT2D eigenvalue weighted by molar-refractivity contribution is 5.75. The molecule has 1 rings (SSSR count). The third kappa shape index (κ3) is 2.11. The average molecular weight is 180 g/mol. The summed E-state index contributed by atoms with van der Waals surface area (Å²) in [6, 6.07) is 0. The van der Waals surface area contributed by atoms with Crippen molar-refractivity contribution in [2.45, 2.75) is 20.3 Å². The molecule has 0 bridgehead atoms. The van der Waals surface area contributed by atoms with Crippen molar-refractivity contribution in [1.29, 1.82) is 0 Å². The van der Waals surface area contributed by atoms with Crippen LogP contribution in [0.1, 0.15) is 20.3 Å². The van der Waals surface area contributed by atoms with E-state index in [-0.39, 0.29) is 5.91 Å². The van der Waals surface area contributed by atoms with Gasteiger partial charge in [-0.15, -0.1) is 0 Å². The number of carbonyl (C=O) groups is 1. The summed E-state index contributed by atoms with van der Waals surface area (Å²) in [5, 5.41) is 0. The summed E-state index contributed by atoms with van der Waals surface area (Å²) in [6.45, 7) is 9.17. The molecule has 0 aliphatic carbocycles. The van der Waals surface area contributed by atoms with Gasteiger partial charge in [0.15, 0.2) is 0 Å². The molecule has 1 heterocycles. The first-order chi connectivity index (χ1) is 6.16. The SMILES string of the molecule is C=C1N(/C=C\C)CCCN1C(C)=O. The lowest BCUT2D eigenvalue weighted by atomic mass is 10.2. The van der Waals surface area contributed by atoms with Crippen LogP contribution in [-0.4, -0.2) is 28.8 Å². The third-order valence-electron chi connectivity index (χ3n) is 2.13. The molecular formula is C10H16N2O. The van der Waals surface area contributed by atoms with Gasteiger partial charge in [0.1, 0.15) is 5.82 Å². The number of hydrogen-bond donors (Lipinski definition) is 0. The maximum absolute atomic E-state index is 11.2. The minimum absolute atomic E-state index is 0.0687. The van der Waals surface area contributed by atoms with Crippen LogP contribution >= 0.6 is 0 Å². The summed E-state index contributed by atoms with van der Waals surface area (Å²) in [5.74, 6) is 0.857. The van der Waals surface area contributed by atoms with Gasteiger partial charge in [-0.25, -0.2) is 0 Å². The first-order valence-corrected chi connectivity index (χ1v) is 4.53. The van der Waals surface area contributed by atoms with E-state index >= 15 is 0 Å². The molecule has 1 aliphatic heterocycles. The number of carbonyl (C=O) groups excluding carboxylic acids is 1. The summed E-state index contributed by atoms with van der Waals surface area (Å²) in [5.41, 5.74) is 0. The Balaban J connectivity index is 2.71. The Morgan fingerprint density at radius 1 is 1.54 bits per heavy atom. The second-order valence-electron chi connectivity index (χ2n) is 3.12. The normalized spacial score (nSPS) is 18.5. The standard InChI is InChI=1S/C10H16N2O/c1-4-6-11-7-5-8-12(9(11)2)10(3)13/h4,6H,2,5,7-8H2,1,3H3/b6-4-. The van der Waals surface area contributed by atoms with Crippen LogP contribution in [0.3, 0.4) is 0 Å². The van der Waals surface area contributed by atoms with E-state index in [4.69, 9.17) is 0 Å². The maximum Gasteiger partial charge on any atom is 0.224 e. The Morgan fingerprint density at radius 3 is 2.77 bits per heavy atom. The molecule has 0 radical (unpaired) electrons. The van der Waals surface area contributed by atoms with Crippen molar-refractivity contribution in [2.75, 3.05) is 13.1 Å². The number of nitrogens with zero attached hydrogens (tertiary/aromatic N) is 2. The highest BCUT2D eigenvalue weighted by Crippen LogP contribution is 2.16. The highest BCUT2D eigenvalue weighted by Gasteiger charge is 2.20. The summed E-state index contributed by atoms with van der Waals surface area (Å²) < 4.78 is 0. The lowest BCUT2D eigenvalue weighted by molar-refractivity contribution is -0.128. The van der Waals surface area contributed by atoms with Crippen molar-refractivity contribution in [1.82, 2.24) is 9.80 Å². The lowest BCUT2D eigenvalue weighted by Gasteiger charge is -2.36. The van der Waals surface area contributed by atoms with Gasteiger partial charge in [0.25, 0.3) is 0 Å². The summed E-state index contributed by atoms with van der Waals surface area (Å²) in [6.07, 6.45) is 4.91. The first kappa shape index (κ1) is 9.84. The fourth-order valence-electron chi connectivity index (χ4n) is 1.49. The lowest BCUT2D eigenvalue weighted by Crippen LogP contribution is -2.41. The van der Waals surface area contributed by atoms with Gasteiger partial charge in [-0.05, 0) is 13.3 Å². The monoisotopic (exact) mass is 180 g/mol. The van der Waals surface area contributed by atoms with Crippen LogP contribution < -0.4 is 0 Å². The van der Waals surface area contributed by atoms with Crippen molar-refractivity contribution in [3.63, 3.8) is 0 Å². The van der Waals surface area contributed by atoms with Crippen molar-refractivity contribution in [3.8, 4) is 0 Å². The van der Waals surface area contributed by atoms with Crippen LogP contribution in [0.4, 0.5) is 0 Å². The third-order valence-corrected chi connectivity index (χ3v) is 2.13. The predicted molar refractivity (Wildman–Crippen MR) is 52.7 cm³/mol. The molecule has 0 aromatic rings. The van der Waals surface area contributed by atoms with E-state index in [1.54, 1.807) is 11.8 Å². The van der Waals surface area contributed by atoms with E-state index < -0.39 is 0 Å². The molecule has 0 N–H and O–H groups in total. The van der Waals surface area contributed by atoms with Crippen molar-refractivity contribution in [3.05, 3.63) is 24.7 Å².